The third kappa shape index (κ3) is 2.07. The predicted molar refractivity (Wildman–Crippen MR) is 43.5 cm³/mol. The van der Waals surface area contributed by atoms with Crippen LogP contribution in [0.4, 0.5) is 0 Å². The van der Waals surface area contributed by atoms with Gasteiger partial charge in [0.25, 0.3) is 0 Å². The van der Waals surface area contributed by atoms with Crippen molar-refractivity contribution in [2.24, 2.45) is 4.40 Å². The Bertz CT molecular complexity index is 187. The van der Waals surface area contributed by atoms with Gasteiger partial charge >= 0.3 is 0 Å². The zero-order chi connectivity index (χ0) is 7.73. The molecule has 0 saturated carbocycles. The Labute approximate surface area is 73.6 Å². The van der Waals surface area contributed by atoms with E-state index in [0.29, 0.717) is 6.61 Å². The largest absolute Gasteiger partial charge is 0.371 e. The first-order valence-electron chi connectivity index (χ1n) is 3.21. The lowest BCUT2D eigenvalue weighted by molar-refractivity contribution is 0.0554. The van der Waals surface area contributed by atoms with E-state index in [-0.39, 0.29) is 6.10 Å². The van der Waals surface area contributed by atoms with E-state index < -0.39 is 5.18 Å². The lowest BCUT2D eigenvalue weighted by Crippen LogP contribution is -2.37. The lowest BCUT2D eigenvalue weighted by Gasteiger charge is -2.16. The van der Waals surface area contributed by atoms with Crippen LogP contribution in [0.15, 0.2) is 4.40 Å². The highest BCUT2D eigenvalue weighted by atomic mass is 35.5. The smallest absolute Gasteiger partial charge is 0.244 e. The summed E-state index contributed by atoms with van der Waals surface area (Å²) >= 11 is 7.06. The van der Waals surface area contributed by atoms with Crippen molar-refractivity contribution in [2.75, 3.05) is 13.2 Å². The van der Waals surface area contributed by atoms with Gasteiger partial charge in [0.1, 0.15) is 6.10 Å². The average molecular weight is 195 g/mol. The Morgan fingerprint density at radius 3 is 3.36 bits per heavy atom. The highest BCUT2D eigenvalue weighted by Crippen LogP contribution is 2.23. The van der Waals surface area contributed by atoms with Crippen LogP contribution >= 0.6 is 23.7 Å². The maximum atomic E-state index is 5.88. The molecule has 4 nitrogen and oxygen atoms in total. The second-order valence-corrected chi connectivity index (χ2v) is 3.50. The maximum Gasteiger partial charge on any atom is 0.244 e. The lowest BCUT2D eigenvalue weighted by atomic mass is 10.5. The van der Waals surface area contributed by atoms with E-state index in [0.717, 1.165) is 6.61 Å². The van der Waals surface area contributed by atoms with Gasteiger partial charge in [0.15, 0.2) is 0 Å². The summed E-state index contributed by atoms with van der Waals surface area (Å²) in [7, 11) is 0. The van der Waals surface area contributed by atoms with Crippen molar-refractivity contribution in [1.29, 1.82) is 0 Å². The fourth-order valence-corrected chi connectivity index (χ4v) is 1.42. The van der Waals surface area contributed by atoms with E-state index in [1.54, 1.807) is 0 Å². The number of alkyl halides is 1. The minimum atomic E-state index is -0.920. The van der Waals surface area contributed by atoms with E-state index in [1.165, 1.54) is 18.3 Å². The van der Waals surface area contributed by atoms with Crippen molar-refractivity contribution in [3.63, 3.8) is 0 Å². The van der Waals surface area contributed by atoms with Crippen LogP contribution in [0.2, 0.25) is 0 Å². The van der Waals surface area contributed by atoms with Crippen molar-refractivity contribution < 1.29 is 9.47 Å². The van der Waals surface area contributed by atoms with Gasteiger partial charge in [-0.3, -0.25) is 0 Å². The number of halogens is 1. The molecule has 0 aliphatic carbocycles. The minimum Gasteiger partial charge on any atom is -0.371 e. The molecule has 6 heteroatoms. The molecule has 2 aliphatic rings. The van der Waals surface area contributed by atoms with Gasteiger partial charge in [0, 0.05) is 0 Å². The minimum absolute atomic E-state index is 0.228. The van der Waals surface area contributed by atoms with Crippen LogP contribution in [-0.4, -0.2) is 30.7 Å². The molecule has 0 radical (unpaired) electrons. The number of hydrogen-bond donors (Lipinski definition) is 1. The summed E-state index contributed by atoms with van der Waals surface area (Å²) in [5, 5.41) is -0.920. The first-order chi connectivity index (χ1) is 5.29. The van der Waals surface area contributed by atoms with Crippen LogP contribution in [0, 0.1) is 0 Å². The summed E-state index contributed by atoms with van der Waals surface area (Å²) in [5.41, 5.74) is 0. The molecule has 1 N–H and O–H groups in total. The van der Waals surface area contributed by atoms with Crippen LogP contribution in [-0.2, 0) is 9.47 Å². The predicted octanol–water partition coefficient (Wildman–Crippen LogP) is 0.532. The van der Waals surface area contributed by atoms with Crippen LogP contribution in [0.25, 0.3) is 0 Å². The molecule has 2 unspecified atom stereocenters. The molecule has 11 heavy (non-hydrogen) atoms. The molecule has 1 saturated heterocycles. The number of ether oxygens (including phenoxy) is 2. The molecule has 2 aliphatic heterocycles. The third-order valence-electron chi connectivity index (χ3n) is 1.34. The molecule has 62 valence electrons. The molecule has 0 bridgehead atoms. The monoisotopic (exact) mass is 194 g/mol. The topological polar surface area (TPSA) is 46.1 Å². The highest BCUT2D eigenvalue weighted by molar-refractivity contribution is 7.96. The summed E-state index contributed by atoms with van der Waals surface area (Å²) in [6.07, 6.45) is 1.76. The number of nitrogens with one attached hydrogen (secondary N) is 1. The third-order valence-corrected chi connectivity index (χ3v) is 2.36. The van der Waals surface area contributed by atoms with Crippen LogP contribution < -0.4 is 4.72 Å². The number of epoxide rings is 1. The van der Waals surface area contributed by atoms with E-state index in [1.807, 2.05) is 0 Å². The SMILES string of the molecule is ClC1(OCC2CO2)C=NSN1. The van der Waals surface area contributed by atoms with Crippen molar-refractivity contribution in [3.05, 3.63) is 0 Å². The Kier molecular flexibility index (Phi) is 2.07. The Hall–Kier alpha value is 0.190. The summed E-state index contributed by atoms with van der Waals surface area (Å²) in [6.45, 7) is 1.29. The van der Waals surface area contributed by atoms with Gasteiger partial charge in [-0.25, -0.2) is 4.40 Å². The molecule has 2 atom stereocenters. The summed E-state index contributed by atoms with van der Waals surface area (Å²) in [6, 6.07) is 0. The number of hydrogen-bond acceptors (Lipinski definition) is 5. The van der Waals surface area contributed by atoms with Gasteiger partial charge in [-0.1, -0.05) is 11.6 Å². The molecule has 0 aromatic rings. The van der Waals surface area contributed by atoms with Gasteiger partial charge in [-0.2, -0.15) is 4.72 Å². The molecular weight excluding hydrogens is 188 g/mol. The molecule has 1 fully saturated rings. The van der Waals surface area contributed by atoms with Gasteiger partial charge in [0.05, 0.1) is 31.6 Å². The van der Waals surface area contributed by atoms with E-state index in [9.17, 15) is 0 Å². The van der Waals surface area contributed by atoms with E-state index in [2.05, 4.69) is 9.12 Å². The van der Waals surface area contributed by atoms with Crippen LogP contribution in [0.5, 0.6) is 0 Å². The quantitative estimate of drug-likeness (QED) is 0.308. The molecule has 2 heterocycles. The fourth-order valence-electron chi connectivity index (χ4n) is 0.654. The molecule has 0 aromatic heterocycles. The second-order valence-electron chi connectivity index (χ2n) is 2.34. The van der Waals surface area contributed by atoms with Crippen LogP contribution in [0.3, 0.4) is 0 Å². The van der Waals surface area contributed by atoms with E-state index in [4.69, 9.17) is 21.1 Å². The zero-order valence-corrected chi connectivity index (χ0v) is 7.19. The van der Waals surface area contributed by atoms with Crippen molar-refractivity contribution >= 4 is 29.9 Å². The summed E-state index contributed by atoms with van der Waals surface area (Å²) in [4.78, 5) is 0. The first kappa shape index (κ1) is 7.82. The normalized spacial score (nSPS) is 41.4. The summed E-state index contributed by atoms with van der Waals surface area (Å²) < 4.78 is 16.8. The molecule has 2 rings (SSSR count). The average Bonchev–Trinajstić information content (AvgIpc) is 2.73. The van der Waals surface area contributed by atoms with Crippen molar-refractivity contribution in [2.45, 2.75) is 11.3 Å². The number of rotatable bonds is 3. The van der Waals surface area contributed by atoms with Gasteiger partial charge in [0.2, 0.25) is 5.18 Å². The molecular formula is C5H7ClN2O2S. The standard InChI is InChI=1S/C5H7ClN2O2S/c6-5(3-7-11-8-5)10-2-4-1-9-4/h3-4,8H,1-2H2. The molecule has 0 spiro atoms. The van der Waals surface area contributed by atoms with Gasteiger partial charge < -0.3 is 9.47 Å². The van der Waals surface area contributed by atoms with Crippen molar-refractivity contribution in [1.82, 2.24) is 4.72 Å². The fraction of sp³-hybridized carbons (Fsp3) is 0.800. The highest BCUT2D eigenvalue weighted by Gasteiger charge is 2.33. The zero-order valence-electron chi connectivity index (χ0n) is 5.62. The maximum absolute atomic E-state index is 5.88. The molecule has 0 amide bonds. The summed E-state index contributed by atoms with van der Waals surface area (Å²) in [5.74, 6) is 0. The van der Waals surface area contributed by atoms with E-state index >= 15 is 0 Å². The Morgan fingerprint density at radius 2 is 2.82 bits per heavy atom. The Morgan fingerprint density at radius 1 is 2.00 bits per heavy atom. The van der Waals surface area contributed by atoms with Crippen LogP contribution in [0.1, 0.15) is 0 Å². The first-order valence-corrected chi connectivity index (χ1v) is 4.36. The van der Waals surface area contributed by atoms with Gasteiger partial charge in [-0.15, -0.1) is 0 Å². The second kappa shape index (κ2) is 2.91. The number of nitrogens with zero attached hydrogens (tertiary/aromatic N) is 1. The van der Waals surface area contributed by atoms with Gasteiger partial charge in [-0.05, 0) is 0 Å². The Balaban J connectivity index is 1.78. The van der Waals surface area contributed by atoms with Crippen molar-refractivity contribution in [3.8, 4) is 0 Å². The molecule has 0 aromatic carbocycles.